The molecule has 160 valence electrons. The molecule has 0 heterocycles. The molecular weight excluding hydrogens is 414 g/mol. The minimum atomic E-state index is -0.238. The number of halogens is 1. The van der Waals surface area contributed by atoms with E-state index in [2.05, 4.69) is 16.0 Å². The second-order valence-corrected chi connectivity index (χ2v) is 7.28. The number of aryl methyl sites for hydroxylation is 1. The molecule has 0 aliphatic rings. The lowest BCUT2D eigenvalue weighted by molar-refractivity contribution is -0.114. The van der Waals surface area contributed by atoms with Crippen LogP contribution in [0, 0.1) is 6.92 Å². The zero-order valence-electron chi connectivity index (χ0n) is 17.4. The van der Waals surface area contributed by atoms with Gasteiger partial charge in [-0.1, -0.05) is 17.7 Å². The van der Waals surface area contributed by atoms with Crippen LogP contribution in [0.5, 0.6) is 5.75 Å². The number of benzene rings is 3. The molecule has 7 heteroatoms. The molecule has 0 spiro atoms. The van der Waals surface area contributed by atoms with Crippen LogP contribution in [0.3, 0.4) is 0 Å². The molecule has 2 amide bonds. The maximum absolute atomic E-state index is 12.4. The summed E-state index contributed by atoms with van der Waals surface area (Å²) in [6.45, 7) is 4.52. The molecule has 0 aromatic heterocycles. The number of carbonyl (C=O) groups is 2. The van der Waals surface area contributed by atoms with E-state index in [9.17, 15) is 9.59 Å². The number of hydrogen-bond donors (Lipinski definition) is 3. The summed E-state index contributed by atoms with van der Waals surface area (Å²) >= 11 is 6.16. The van der Waals surface area contributed by atoms with Gasteiger partial charge in [0.2, 0.25) is 5.91 Å². The first-order chi connectivity index (χ1) is 14.9. The van der Waals surface area contributed by atoms with Crippen LogP contribution in [-0.4, -0.2) is 25.0 Å². The summed E-state index contributed by atoms with van der Waals surface area (Å²) in [5.41, 5.74) is 3.50. The number of amides is 2. The van der Waals surface area contributed by atoms with Crippen molar-refractivity contribution in [3.05, 3.63) is 82.9 Å². The maximum Gasteiger partial charge on any atom is 0.255 e. The highest BCUT2D eigenvalue weighted by atomic mass is 35.5. The SMILES string of the molecule is CCOc1ccc(NC(=O)c2ccc(NC(=O)CNc3ccc(C)cc3Cl)cc2)cc1. The van der Waals surface area contributed by atoms with E-state index in [0.29, 0.717) is 34.3 Å². The van der Waals surface area contributed by atoms with Crippen LogP contribution < -0.4 is 20.7 Å². The van der Waals surface area contributed by atoms with Crippen LogP contribution in [0.15, 0.2) is 66.7 Å². The third kappa shape index (κ3) is 6.49. The number of hydrogen-bond acceptors (Lipinski definition) is 4. The van der Waals surface area contributed by atoms with E-state index >= 15 is 0 Å². The van der Waals surface area contributed by atoms with Crippen molar-refractivity contribution >= 4 is 40.5 Å². The van der Waals surface area contributed by atoms with E-state index < -0.39 is 0 Å². The third-order valence-corrected chi connectivity index (χ3v) is 4.73. The lowest BCUT2D eigenvalue weighted by atomic mass is 10.2. The van der Waals surface area contributed by atoms with Crippen LogP contribution in [0.4, 0.5) is 17.1 Å². The highest BCUT2D eigenvalue weighted by molar-refractivity contribution is 6.33. The third-order valence-electron chi connectivity index (χ3n) is 4.42. The van der Waals surface area contributed by atoms with E-state index in [-0.39, 0.29) is 18.4 Å². The number of rotatable bonds is 8. The van der Waals surface area contributed by atoms with Gasteiger partial charge in [0.25, 0.3) is 5.91 Å². The number of nitrogens with one attached hydrogen (secondary N) is 3. The van der Waals surface area contributed by atoms with Gasteiger partial charge >= 0.3 is 0 Å². The normalized spacial score (nSPS) is 10.3. The molecule has 3 N–H and O–H groups in total. The molecule has 3 rings (SSSR count). The molecule has 0 atom stereocenters. The van der Waals surface area contributed by atoms with Crippen LogP contribution >= 0.6 is 11.6 Å². The van der Waals surface area contributed by atoms with Gasteiger partial charge in [0, 0.05) is 16.9 Å². The highest BCUT2D eigenvalue weighted by Gasteiger charge is 2.08. The average Bonchev–Trinajstić information content (AvgIpc) is 2.75. The molecule has 3 aromatic carbocycles. The van der Waals surface area contributed by atoms with Crippen LogP contribution in [0.25, 0.3) is 0 Å². The molecule has 0 fully saturated rings. The fourth-order valence-electron chi connectivity index (χ4n) is 2.85. The Balaban J connectivity index is 1.51. The van der Waals surface area contributed by atoms with E-state index in [1.165, 1.54) is 0 Å². The highest BCUT2D eigenvalue weighted by Crippen LogP contribution is 2.22. The Morgan fingerprint density at radius 3 is 2.19 bits per heavy atom. The predicted octanol–water partition coefficient (Wildman–Crippen LogP) is 5.35. The summed E-state index contributed by atoms with van der Waals surface area (Å²) in [7, 11) is 0. The summed E-state index contributed by atoms with van der Waals surface area (Å²) in [4.78, 5) is 24.6. The quantitative estimate of drug-likeness (QED) is 0.443. The second kappa shape index (κ2) is 10.5. The maximum atomic E-state index is 12.4. The minimum absolute atomic E-state index is 0.0722. The molecular formula is C24H24ClN3O3. The minimum Gasteiger partial charge on any atom is -0.494 e. The largest absolute Gasteiger partial charge is 0.494 e. The molecule has 3 aromatic rings. The molecule has 0 bridgehead atoms. The molecule has 0 unspecified atom stereocenters. The first-order valence-corrected chi connectivity index (χ1v) is 10.3. The Hall–Kier alpha value is -3.51. The fraction of sp³-hybridized carbons (Fsp3) is 0.167. The zero-order valence-corrected chi connectivity index (χ0v) is 18.1. The monoisotopic (exact) mass is 437 g/mol. The van der Waals surface area contributed by atoms with Crippen LogP contribution in [0.1, 0.15) is 22.8 Å². The second-order valence-electron chi connectivity index (χ2n) is 6.87. The Labute approximate surface area is 186 Å². The van der Waals surface area contributed by atoms with Gasteiger partial charge in [-0.2, -0.15) is 0 Å². The van der Waals surface area contributed by atoms with Crippen molar-refractivity contribution in [3.8, 4) is 5.75 Å². The fourth-order valence-corrected chi connectivity index (χ4v) is 3.16. The topological polar surface area (TPSA) is 79.5 Å². The van der Waals surface area contributed by atoms with Crippen molar-refractivity contribution in [3.63, 3.8) is 0 Å². The molecule has 0 saturated heterocycles. The molecule has 0 aliphatic carbocycles. The Morgan fingerprint density at radius 1 is 0.903 bits per heavy atom. The van der Waals surface area contributed by atoms with Crippen molar-refractivity contribution < 1.29 is 14.3 Å². The number of ether oxygens (including phenoxy) is 1. The van der Waals surface area contributed by atoms with Gasteiger partial charge in [-0.15, -0.1) is 0 Å². The summed E-state index contributed by atoms with van der Waals surface area (Å²) in [5.74, 6) is 0.292. The van der Waals surface area contributed by atoms with E-state index in [1.807, 2.05) is 32.0 Å². The van der Waals surface area contributed by atoms with Gasteiger partial charge in [0.05, 0.1) is 23.9 Å². The van der Waals surface area contributed by atoms with Gasteiger partial charge in [-0.05, 0) is 80.1 Å². The lowest BCUT2D eigenvalue weighted by Gasteiger charge is -2.10. The first-order valence-electron chi connectivity index (χ1n) is 9.89. The molecule has 31 heavy (non-hydrogen) atoms. The van der Waals surface area contributed by atoms with Gasteiger partial charge in [-0.3, -0.25) is 9.59 Å². The summed E-state index contributed by atoms with van der Waals surface area (Å²) in [6, 6.07) is 19.4. The standard InChI is InChI=1S/C24H24ClN3O3/c1-3-31-20-11-9-19(10-12-20)28-24(30)17-5-7-18(8-6-17)27-23(29)15-26-22-13-4-16(2)14-21(22)25/h4-14,26H,3,15H2,1-2H3,(H,27,29)(H,28,30). The van der Waals surface area contributed by atoms with Gasteiger partial charge in [0.1, 0.15) is 5.75 Å². The average molecular weight is 438 g/mol. The first kappa shape index (κ1) is 22.2. The number of anilines is 3. The smallest absolute Gasteiger partial charge is 0.255 e. The summed E-state index contributed by atoms with van der Waals surface area (Å²) in [5, 5.41) is 9.20. The molecule has 0 radical (unpaired) electrons. The van der Waals surface area contributed by atoms with Crippen LogP contribution in [-0.2, 0) is 4.79 Å². The van der Waals surface area contributed by atoms with Gasteiger partial charge in [-0.25, -0.2) is 0 Å². The zero-order chi connectivity index (χ0) is 22.2. The van der Waals surface area contributed by atoms with Gasteiger partial charge in [0.15, 0.2) is 0 Å². The van der Waals surface area contributed by atoms with E-state index in [0.717, 1.165) is 11.3 Å². The Bertz CT molecular complexity index is 1050. The van der Waals surface area contributed by atoms with Crippen LogP contribution in [0.2, 0.25) is 5.02 Å². The summed E-state index contributed by atoms with van der Waals surface area (Å²) < 4.78 is 5.39. The number of carbonyl (C=O) groups excluding carboxylic acids is 2. The molecule has 6 nitrogen and oxygen atoms in total. The van der Waals surface area contributed by atoms with Crippen molar-refractivity contribution in [1.29, 1.82) is 0 Å². The Kier molecular flexibility index (Phi) is 7.51. The van der Waals surface area contributed by atoms with Crippen molar-refractivity contribution in [1.82, 2.24) is 0 Å². The predicted molar refractivity (Wildman–Crippen MR) is 125 cm³/mol. The van der Waals surface area contributed by atoms with Crippen molar-refractivity contribution in [2.45, 2.75) is 13.8 Å². The molecule has 0 saturated carbocycles. The lowest BCUT2D eigenvalue weighted by Crippen LogP contribution is -2.22. The Morgan fingerprint density at radius 2 is 1.55 bits per heavy atom. The molecule has 0 aliphatic heterocycles. The van der Waals surface area contributed by atoms with E-state index in [1.54, 1.807) is 48.5 Å². The van der Waals surface area contributed by atoms with Crippen molar-refractivity contribution in [2.75, 3.05) is 29.1 Å². The van der Waals surface area contributed by atoms with E-state index in [4.69, 9.17) is 16.3 Å². The van der Waals surface area contributed by atoms with Crippen molar-refractivity contribution in [2.24, 2.45) is 0 Å². The summed E-state index contributed by atoms with van der Waals surface area (Å²) in [6.07, 6.45) is 0. The van der Waals surface area contributed by atoms with Gasteiger partial charge < -0.3 is 20.7 Å².